The van der Waals surface area contributed by atoms with Crippen molar-refractivity contribution >= 4 is 5.91 Å². The van der Waals surface area contributed by atoms with Crippen molar-refractivity contribution in [1.29, 1.82) is 0 Å². The van der Waals surface area contributed by atoms with Crippen LogP contribution in [0.1, 0.15) is 54.1 Å². The first-order chi connectivity index (χ1) is 14.5. The molecular formula is C24H28FNO4. The second-order valence-corrected chi connectivity index (χ2v) is 8.24. The summed E-state index contributed by atoms with van der Waals surface area (Å²) in [4.78, 5) is 15.2. The number of nitrogens with zero attached hydrogens (tertiary/aromatic N) is 1. The lowest BCUT2D eigenvalue weighted by atomic mass is 9.66. The van der Waals surface area contributed by atoms with Crippen LogP contribution in [0.3, 0.4) is 0 Å². The summed E-state index contributed by atoms with van der Waals surface area (Å²) in [5.74, 6) is 0.215. The van der Waals surface area contributed by atoms with Gasteiger partial charge in [0.05, 0.1) is 31.4 Å². The Balaban J connectivity index is 1.82. The maximum Gasteiger partial charge on any atom is 0.257 e. The highest BCUT2D eigenvalue weighted by molar-refractivity contribution is 5.95. The molecule has 1 N–H and O–H groups in total. The highest BCUT2D eigenvalue weighted by Gasteiger charge is 2.51. The number of hydrogen-bond donors (Lipinski definition) is 1. The lowest BCUT2D eigenvalue weighted by molar-refractivity contribution is -0.115. The number of hydrogen-bond acceptors (Lipinski definition) is 4. The lowest BCUT2D eigenvalue weighted by Crippen LogP contribution is -2.56. The molecule has 1 saturated heterocycles. The molecule has 3 atom stereocenters. The Morgan fingerprint density at radius 2 is 1.93 bits per heavy atom. The zero-order chi connectivity index (χ0) is 21.3. The van der Waals surface area contributed by atoms with E-state index in [2.05, 4.69) is 0 Å². The summed E-state index contributed by atoms with van der Waals surface area (Å²) >= 11 is 0. The Hall–Kier alpha value is -2.60. The quantitative estimate of drug-likeness (QED) is 0.810. The standard InChI is InChI=1S/C24H28FNO4/c1-29-16-10-11-18(21(15-16)30-2)22-19-8-5-6-12-24(19,28)13-14-26(22)23(27)17-7-3-4-9-20(17)25/h3-4,7,9-11,15,19,22,28H,5-6,8,12-14H2,1-2H3/t19-,22-,24-/m1/s1. The molecule has 4 rings (SSSR count). The van der Waals surface area contributed by atoms with E-state index in [1.165, 1.54) is 12.1 Å². The lowest BCUT2D eigenvalue weighted by Gasteiger charge is -2.52. The van der Waals surface area contributed by atoms with Gasteiger partial charge in [-0.05, 0) is 43.5 Å². The first kappa shape index (κ1) is 20.7. The number of benzene rings is 2. The molecule has 1 aliphatic heterocycles. The van der Waals surface area contributed by atoms with E-state index in [1.54, 1.807) is 37.3 Å². The molecule has 0 radical (unpaired) electrons. The van der Waals surface area contributed by atoms with Gasteiger partial charge in [0, 0.05) is 24.1 Å². The molecule has 0 spiro atoms. The van der Waals surface area contributed by atoms with Gasteiger partial charge in [-0.3, -0.25) is 4.79 Å². The van der Waals surface area contributed by atoms with Crippen molar-refractivity contribution in [2.45, 2.75) is 43.7 Å². The molecule has 0 unspecified atom stereocenters. The number of rotatable bonds is 4. The van der Waals surface area contributed by atoms with Crippen LogP contribution < -0.4 is 9.47 Å². The van der Waals surface area contributed by atoms with Gasteiger partial charge in [-0.25, -0.2) is 4.39 Å². The van der Waals surface area contributed by atoms with Crippen LogP contribution in [0.2, 0.25) is 0 Å². The van der Waals surface area contributed by atoms with E-state index in [9.17, 15) is 14.3 Å². The van der Waals surface area contributed by atoms with Gasteiger partial charge in [-0.15, -0.1) is 0 Å². The van der Waals surface area contributed by atoms with Gasteiger partial charge >= 0.3 is 0 Å². The van der Waals surface area contributed by atoms with Crippen molar-refractivity contribution in [2.75, 3.05) is 20.8 Å². The maximum absolute atomic E-state index is 14.4. The number of ether oxygens (including phenoxy) is 2. The summed E-state index contributed by atoms with van der Waals surface area (Å²) in [6, 6.07) is 11.2. The minimum Gasteiger partial charge on any atom is -0.497 e. The molecule has 5 nitrogen and oxygen atoms in total. The van der Waals surface area contributed by atoms with E-state index >= 15 is 0 Å². The van der Waals surface area contributed by atoms with E-state index < -0.39 is 17.5 Å². The number of amides is 1. The summed E-state index contributed by atoms with van der Waals surface area (Å²) < 4.78 is 25.4. The number of halogens is 1. The van der Waals surface area contributed by atoms with Crippen LogP contribution in [-0.4, -0.2) is 42.3 Å². The number of carbonyl (C=O) groups is 1. The average Bonchev–Trinajstić information content (AvgIpc) is 2.77. The van der Waals surface area contributed by atoms with E-state index in [1.807, 2.05) is 12.1 Å². The predicted octanol–water partition coefficient (Wildman–Crippen LogP) is 4.35. The Morgan fingerprint density at radius 1 is 1.13 bits per heavy atom. The fraction of sp³-hybridized carbons (Fsp3) is 0.458. The first-order valence-electron chi connectivity index (χ1n) is 10.5. The Bertz CT molecular complexity index is 933. The third-order valence-corrected chi connectivity index (χ3v) is 6.69. The zero-order valence-corrected chi connectivity index (χ0v) is 17.4. The molecule has 1 aliphatic carbocycles. The summed E-state index contributed by atoms with van der Waals surface area (Å²) in [7, 11) is 3.17. The van der Waals surface area contributed by atoms with Crippen molar-refractivity contribution < 1.29 is 23.8 Å². The smallest absolute Gasteiger partial charge is 0.257 e. The van der Waals surface area contributed by atoms with Crippen molar-refractivity contribution in [3.63, 3.8) is 0 Å². The minimum atomic E-state index is -0.833. The van der Waals surface area contributed by atoms with Crippen LogP contribution in [0.5, 0.6) is 11.5 Å². The number of aliphatic hydroxyl groups is 1. The number of fused-ring (bicyclic) bond motifs is 1. The Kier molecular flexibility index (Phi) is 5.69. The Morgan fingerprint density at radius 3 is 2.67 bits per heavy atom. The van der Waals surface area contributed by atoms with Gasteiger partial charge in [0.25, 0.3) is 5.91 Å². The summed E-state index contributed by atoms with van der Waals surface area (Å²) in [5.41, 5.74) is 0.0316. The summed E-state index contributed by atoms with van der Waals surface area (Å²) in [5, 5.41) is 11.4. The molecule has 160 valence electrons. The molecule has 1 saturated carbocycles. The van der Waals surface area contributed by atoms with Gasteiger partial charge in [0.2, 0.25) is 0 Å². The van der Waals surface area contributed by atoms with E-state index in [0.29, 0.717) is 30.9 Å². The number of carbonyl (C=O) groups excluding carboxylic acids is 1. The van der Waals surface area contributed by atoms with Crippen LogP contribution >= 0.6 is 0 Å². The third-order valence-electron chi connectivity index (χ3n) is 6.69. The molecule has 2 aromatic rings. The second kappa shape index (κ2) is 8.26. The Labute approximate surface area is 176 Å². The van der Waals surface area contributed by atoms with Crippen molar-refractivity contribution in [3.05, 3.63) is 59.4 Å². The summed E-state index contributed by atoms with van der Waals surface area (Å²) in [6.07, 6.45) is 3.98. The second-order valence-electron chi connectivity index (χ2n) is 8.24. The highest BCUT2D eigenvalue weighted by Crippen LogP contribution is 2.51. The molecule has 1 heterocycles. The molecule has 2 aromatic carbocycles. The molecule has 30 heavy (non-hydrogen) atoms. The van der Waals surface area contributed by atoms with Gasteiger partial charge in [-0.1, -0.05) is 25.0 Å². The first-order valence-corrected chi connectivity index (χ1v) is 10.5. The molecule has 0 bridgehead atoms. The number of piperidine rings is 1. The minimum absolute atomic E-state index is 0.0521. The van der Waals surface area contributed by atoms with E-state index in [0.717, 1.165) is 24.8 Å². The highest BCUT2D eigenvalue weighted by atomic mass is 19.1. The fourth-order valence-electron chi connectivity index (χ4n) is 5.15. The molecule has 2 fully saturated rings. The predicted molar refractivity (Wildman–Crippen MR) is 111 cm³/mol. The molecule has 1 amide bonds. The van der Waals surface area contributed by atoms with Crippen molar-refractivity contribution in [1.82, 2.24) is 4.90 Å². The number of methoxy groups -OCH3 is 2. The normalized spacial score (nSPS) is 26.1. The molecule has 0 aromatic heterocycles. The van der Waals surface area contributed by atoms with Gasteiger partial charge in [0.15, 0.2) is 0 Å². The van der Waals surface area contributed by atoms with Gasteiger partial charge < -0.3 is 19.5 Å². The van der Waals surface area contributed by atoms with E-state index in [4.69, 9.17) is 9.47 Å². The van der Waals surface area contributed by atoms with Crippen molar-refractivity contribution in [2.24, 2.45) is 5.92 Å². The van der Waals surface area contributed by atoms with E-state index in [-0.39, 0.29) is 17.4 Å². The van der Waals surface area contributed by atoms with Crippen LogP contribution in [0.25, 0.3) is 0 Å². The van der Waals surface area contributed by atoms with Crippen LogP contribution in [0.15, 0.2) is 42.5 Å². The third kappa shape index (κ3) is 3.54. The topological polar surface area (TPSA) is 59.0 Å². The van der Waals surface area contributed by atoms with Crippen LogP contribution in [0.4, 0.5) is 4.39 Å². The van der Waals surface area contributed by atoms with Crippen LogP contribution in [0, 0.1) is 11.7 Å². The largest absolute Gasteiger partial charge is 0.497 e. The number of likely N-dealkylation sites (tertiary alicyclic amines) is 1. The molecule has 6 heteroatoms. The fourth-order valence-corrected chi connectivity index (χ4v) is 5.15. The average molecular weight is 413 g/mol. The molecule has 2 aliphatic rings. The summed E-state index contributed by atoms with van der Waals surface area (Å²) in [6.45, 7) is 0.361. The maximum atomic E-state index is 14.4. The van der Waals surface area contributed by atoms with Gasteiger partial charge in [0.1, 0.15) is 17.3 Å². The molecular weight excluding hydrogens is 385 g/mol. The van der Waals surface area contributed by atoms with Crippen LogP contribution in [-0.2, 0) is 0 Å². The monoisotopic (exact) mass is 413 g/mol. The van der Waals surface area contributed by atoms with Gasteiger partial charge in [-0.2, -0.15) is 0 Å². The SMILES string of the molecule is COc1ccc([C@@H]2[C@H]3CCCC[C@@]3(O)CCN2C(=O)c2ccccc2F)c(OC)c1. The zero-order valence-electron chi connectivity index (χ0n) is 17.4. The van der Waals surface area contributed by atoms with Crippen molar-refractivity contribution in [3.8, 4) is 11.5 Å².